The van der Waals surface area contributed by atoms with Gasteiger partial charge >= 0.3 is 0 Å². The molecule has 5 nitrogen and oxygen atoms in total. The van der Waals surface area contributed by atoms with Crippen molar-refractivity contribution in [2.24, 2.45) is 0 Å². The second-order valence-corrected chi connectivity index (χ2v) is 6.04. The third-order valence-electron chi connectivity index (χ3n) is 4.23. The van der Waals surface area contributed by atoms with Gasteiger partial charge in [-0.15, -0.1) is 0 Å². The summed E-state index contributed by atoms with van der Waals surface area (Å²) in [5.74, 6) is -0.209. The third kappa shape index (κ3) is 3.15. The van der Waals surface area contributed by atoms with Crippen molar-refractivity contribution >= 4 is 23.2 Å². The van der Waals surface area contributed by atoms with Crippen LogP contribution in [0.25, 0.3) is 0 Å². The van der Waals surface area contributed by atoms with Gasteiger partial charge in [0.2, 0.25) is 0 Å². The fraction of sp³-hybridized carbons (Fsp3) is 0.533. The number of amides is 1. The van der Waals surface area contributed by atoms with E-state index in [0.717, 1.165) is 19.7 Å². The molecule has 3 N–H and O–H groups in total. The van der Waals surface area contributed by atoms with Crippen LogP contribution >= 0.6 is 11.6 Å². The number of nitrogen functional groups attached to an aromatic ring is 1. The maximum absolute atomic E-state index is 12.2. The van der Waals surface area contributed by atoms with Crippen LogP contribution in [-0.2, 0) is 4.74 Å². The Kier molecular flexibility index (Phi) is 4.33. The molecule has 2 saturated heterocycles. The summed E-state index contributed by atoms with van der Waals surface area (Å²) in [4.78, 5) is 14.6. The summed E-state index contributed by atoms with van der Waals surface area (Å²) >= 11 is 6.06. The van der Waals surface area contributed by atoms with Crippen LogP contribution < -0.4 is 11.1 Å². The van der Waals surface area contributed by atoms with Crippen LogP contribution in [0.4, 0.5) is 5.69 Å². The number of nitrogens with zero attached hydrogens (tertiary/aromatic N) is 1. The number of hydrogen-bond acceptors (Lipinski definition) is 4. The number of benzene rings is 1. The molecule has 3 rings (SSSR count). The monoisotopic (exact) mass is 309 g/mol. The molecule has 6 heteroatoms. The molecule has 2 heterocycles. The van der Waals surface area contributed by atoms with Crippen molar-refractivity contribution in [3.63, 3.8) is 0 Å². The Balaban J connectivity index is 1.55. The lowest BCUT2D eigenvalue weighted by atomic mass is 10.1. The Labute approximate surface area is 129 Å². The maximum atomic E-state index is 12.2. The molecular weight excluding hydrogens is 290 g/mol. The first-order valence-electron chi connectivity index (χ1n) is 7.33. The second-order valence-electron chi connectivity index (χ2n) is 5.67. The Morgan fingerprint density at radius 1 is 1.52 bits per heavy atom. The van der Waals surface area contributed by atoms with E-state index in [1.54, 1.807) is 18.2 Å². The van der Waals surface area contributed by atoms with Crippen LogP contribution in [0, 0.1) is 0 Å². The minimum absolute atomic E-state index is 0.0446. The first-order chi connectivity index (χ1) is 10.1. The molecule has 2 aliphatic rings. The van der Waals surface area contributed by atoms with Crippen LogP contribution in [0.5, 0.6) is 0 Å². The van der Waals surface area contributed by atoms with Gasteiger partial charge in [-0.25, -0.2) is 0 Å². The van der Waals surface area contributed by atoms with E-state index in [4.69, 9.17) is 22.1 Å². The Hall–Kier alpha value is -1.30. The summed E-state index contributed by atoms with van der Waals surface area (Å²) in [7, 11) is 0. The first kappa shape index (κ1) is 14.6. The van der Waals surface area contributed by atoms with Crippen molar-refractivity contribution in [3.05, 3.63) is 28.8 Å². The van der Waals surface area contributed by atoms with Crippen molar-refractivity contribution in [2.75, 3.05) is 32.0 Å². The lowest BCUT2D eigenvalue weighted by molar-refractivity contribution is -0.0461. The lowest BCUT2D eigenvalue weighted by Gasteiger charge is -2.35. The highest BCUT2D eigenvalue weighted by atomic mass is 35.5. The fourth-order valence-electron chi connectivity index (χ4n) is 3.04. The minimum Gasteiger partial charge on any atom is -0.398 e. The molecule has 1 aromatic carbocycles. The lowest BCUT2D eigenvalue weighted by Crippen LogP contribution is -2.50. The zero-order chi connectivity index (χ0) is 14.8. The predicted molar refractivity (Wildman–Crippen MR) is 82.5 cm³/mol. The maximum Gasteiger partial charge on any atom is 0.252 e. The van der Waals surface area contributed by atoms with Gasteiger partial charge < -0.3 is 15.8 Å². The van der Waals surface area contributed by atoms with Gasteiger partial charge in [-0.05, 0) is 31.5 Å². The van der Waals surface area contributed by atoms with Gasteiger partial charge in [0.15, 0.2) is 0 Å². The summed E-state index contributed by atoms with van der Waals surface area (Å²) in [6.07, 6.45) is 2.51. The number of carbonyl (C=O) groups is 1. The molecule has 0 saturated carbocycles. The Morgan fingerprint density at radius 2 is 2.38 bits per heavy atom. The highest BCUT2D eigenvalue weighted by Crippen LogP contribution is 2.24. The van der Waals surface area contributed by atoms with Gasteiger partial charge in [0.05, 0.1) is 29.0 Å². The summed E-state index contributed by atoms with van der Waals surface area (Å²) in [6, 6.07) is 5.64. The zero-order valence-electron chi connectivity index (χ0n) is 11.8. The van der Waals surface area contributed by atoms with E-state index in [0.29, 0.717) is 28.9 Å². The van der Waals surface area contributed by atoms with Crippen molar-refractivity contribution in [2.45, 2.75) is 25.0 Å². The second kappa shape index (κ2) is 6.22. The number of ether oxygens (including phenoxy) is 1. The number of nitrogens with two attached hydrogens (primary N) is 1. The van der Waals surface area contributed by atoms with E-state index in [1.807, 2.05) is 0 Å². The molecule has 114 valence electrons. The topological polar surface area (TPSA) is 67.6 Å². The van der Waals surface area contributed by atoms with Crippen molar-refractivity contribution in [1.82, 2.24) is 10.2 Å². The third-order valence-corrected chi connectivity index (χ3v) is 4.65. The number of anilines is 1. The van der Waals surface area contributed by atoms with E-state index >= 15 is 0 Å². The molecule has 0 aliphatic carbocycles. The number of halogens is 1. The van der Waals surface area contributed by atoms with Gasteiger partial charge in [0.25, 0.3) is 5.91 Å². The van der Waals surface area contributed by atoms with Crippen molar-refractivity contribution in [3.8, 4) is 0 Å². The molecule has 0 aromatic heterocycles. The average molecular weight is 310 g/mol. The smallest absolute Gasteiger partial charge is 0.252 e. The van der Waals surface area contributed by atoms with Crippen LogP contribution in [0.3, 0.4) is 0 Å². The molecule has 2 atom stereocenters. The molecular formula is C15H20ClN3O2. The van der Waals surface area contributed by atoms with Crippen LogP contribution in [0.15, 0.2) is 18.2 Å². The predicted octanol–water partition coefficient (Wildman–Crippen LogP) is 1.52. The van der Waals surface area contributed by atoms with Crippen LogP contribution in [0.2, 0.25) is 5.02 Å². The largest absolute Gasteiger partial charge is 0.398 e. The molecule has 21 heavy (non-hydrogen) atoms. The molecule has 1 aromatic rings. The number of rotatable bonds is 3. The van der Waals surface area contributed by atoms with Gasteiger partial charge in [-0.1, -0.05) is 17.7 Å². The Bertz CT molecular complexity index is 538. The molecule has 0 bridgehead atoms. The summed E-state index contributed by atoms with van der Waals surface area (Å²) in [5, 5.41) is 3.19. The van der Waals surface area contributed by atoms with Gasteiger partial charge in [-0.2, -0.15) is 0 Å². The first-order valence-corrected chi connectivity index (χ1v) is 7.71. The molecule has 2 aliphatic heterocycles. The molecule has 2 fully saturated rings. The minimum atomic E-state index is -0.209. The van der Waals surface area contributed by atoms with Gasteiger partial charge in [-0.3, -0.25) is 9.69 Å². The zero-order valence-corrected chi connectivity index (χ0v) is 12.6. The summed E-state index contributed by atoms with van der Waals surface area (Å²) in [6.45, 7) is 3.28. The highest BCUT2D eigenvalue weighted by molar-refractivity contribution is 6.36. The highest BCUT2D eigenvalue weighted by Gasteiger charge is 2.32. The molecule has 2 unspecified atom stereocenters. The van der Waals surface area contributed by atoms with Crippen molar-refractivity contribution < 1.29 is 9.53 Å². The summed E-state index contributed by atoms with van der Waals surface area (Å²) in [5.41, 5.74) is 6.54. The molecule has 0 radical (unpaired) electrons. The normalized spacial score (nSPS) is 25.6. The van der Waals surface area contributed by atoms with Crippen LogP contribution in [0.1, 0.15) is 23.2 Å². The number of nitrogens with one attached hydrogen (secondary N) is 1. The summed E-state index contributed by atoms with van der Waals surface area (Å²) < 4.78 is 5.82. The van der Waals surface area contributed by atoms with Crippen LogP contribution in [-0.4, -0.2) is 49.2 Å². The van der Waals surface area contributed by atoms with Crippen molar-refractivity contribution in [1.29, 1.82) is 0 Å². The average Bonchev–Trinajstić information content (AvgIpc) is 2.95. The number of morpholine rings is 1. The molecule has 1 amide bonds. The Morgan fingerprint density at radius 3 is 3.24 bits per heavy atom. The van der Waals surface area contributed by atoms with E-state index in [-0.39, 0.29) is 12.0 Å². The van der Waals surface area contributed by atoms with E-state index < -0.39 is 0 Å². The number of fused-ring (bicyclic) bond motifs is 1. The number of hydrogen-bond donors (Lipinski definition) is 2. The van der Waals surface area contributed by atoms with Gasteiger partial charge in [0.1, 0.15) is 0 Å². The quantitative estimate of drug-likeness (QED) is 0.831. The fourth-order valence-corrected chi connectivity index (χ4v) is 3.25. The van der Waals surface area contributed by atoms with E-state index in [9.17, 15) is 4.79 Å². The number of carbonyl (C=O) groups excluding carboxylic acids is 1. The van der Waals surface area contributed by atoms with Gasteiger partial charge in [0, 0.05) is 19.1 Å². The standard InChI is InChI=1S/C15H20ClN3O2/c16-14-12(4-1-5-13(14)17)15(20)18-7-11-8-19-6-2-3-10(19)9-21-11/h1,4-5,10-11H,2-3,6-9,17H2,(H,18,20). The van der Waals surface area contributed by atoms with E-state index in [2.05, 4.69) is 10.2 Å². The SMILES string of the molecule is Nc1cccc(C(=O)NCC2CN3CCCC3CO2)c1Cl. The van der Waals surface area contributed by atoms with E-state index in [1.165, 1.54) is 12.8 Å². The molecule has 0 spiro atoms.